The highest BCUT2D eigenvalue weighted by molar-refractivity contribution is 5.97. The van der Waals surface area contributed by atoms with E-state index < -0.39 is 109 Å². The Kier molecular flexibility index (Phi) is 20.2. The molecule has 0 saturated heterocycles. The molecular formula is C29H53N9O10. The van der Waals surface area contributed by atoms with Crippen LogP contribution in [0.4, 0.5) is 0 Å². The largest absolute Gasteiger partial charge is 0.480 e. The Morgan fingerprint density at radius 3 is 1.69 bits per heavy atom. The van der Waals surface area contributed by atoms with Crippen molar-refractivity contribution >= 4 is 47.3 Å². The Morgan fingerprint density at radius 2 is 1.17 bits per heavy atom. The zero-order valence-corrected chi connectivity index (χ0v) is 28.4. The molecule has 0 aliphatic heterocycles. The molecule has 0 spiro atoms. The fourth-order valence-electron chi connectivity index (χ4n) is 3.93. The van der Waals surface area contributed by atoms with Crippen molar-refractivity contribution in [3.05, 3.63) is 0 Å². The third kappa shape index (κ3) is 16.0. The molecule has 0 fully saturated rings. The minimum absolute atomic E-state index is 0.149. The summed E-state index contributed by atoms with van der Waals surface area (Å²) in [5.41, 5.74) is 11.0. The molecule has 19 nitrogen and oxygen atoms in total. The number of nitrogens with two attached hydrogens (primary N) is 2. The number of rotatable bonds is 22. The molecule has 0 heterocycles. The van der Waals surface area contributed by atoms with Crippen molar-refractivity contribution < 1.29 is 48.6 Å². The van der Waals surface area contributed by atoms with Crippen LogP contribution in [0, 0.1) is 5.92 Å². The number of carboxylic acid groups (broad SMARTS) is 1. The van der Waals surface area contributed by atoms with Gasteiger partial charge in [0.2, 0.25) is 41.4 Å². The van der Waals surface area contributed by atoms with Crippen LogP contribution in [0.25, 0.3) is 0 Å². The maximum atomic E-state index is 13.5. The fraction of sp³-hybridized carbons (Fsp3) is 0.724. The molecule has 0 aliphatic rings. The number of nitrogens with one attached hydrogen (secondary N) is 7. The number of aliphatic hydroxyl groups excluding tert-OH is 1. The molecule has 48 heavy (non-hydrogen) atoms. The minimum atomic E-state index is -1.26. The third-order valence-electron chi connectivity index (χ3n) is 7.33. The number of aliphatic carboxylic acids is 1. The molecule has 0 unspecified atom stereocenters. The summed E-state index contributed by atoms with van der Waals surface area (Å²) in [6.45, 7) is 8.01. The number of hydrogen-bond donors (Lipinski definition) is 11. The van der Waals surface area contributed by atoms with Crippen LogP contribution in [0.3, 0.4) is 0 Å². The molecule has 0 radical (unpaired) electrons. The van der Waals surface area contributed by atoms with E-state index >= 15 is 0 Å². The fourth-order valence-corrected chi connectivity index (χ4v) is 3.93. The Balaban J connectivity index is 5.52. The normalized spacial score (nSPS) is 15.9. The second-order valence-corrected chi connectivity index (χ2v) is 11.5. The van der Waals surface area contributed by atoms with Crippen LogP contribution in [0.15, 0.2) is 0 Å². The van der Waals surface area contributed by atoms with Gasteiger partial charge >= 0.3 is 5.97 Å². The van der Waals surface area contributed by atoms with Gasteiger partial charge in [-0.3, -0.25) is 38.4 Å². The lowest BCUT2D eigenvalue weighted by atomic mass is 9.97. The maximum absolute atomic E-state index is 13.5. The molecule has 0 saturated carbocycles. The first-order valence-corrected chi connectivity index (χ1v) is 15.8. The molecule has 0 rings (SSSR count). The number of unbranched alkanes of at least 4 members (excludes halogenated alkanes) is 1. The molecule has 7 amide bonds. The first-order valence-electron chi connectivity index (χ1n) is 15.8. The zero-order chi connectivity index (χ0) is 37.1. The molecule has 13 N–H and O–H groups in total. The predicted molar refractivity (Wildman–Crippen MR) is 172 cm³/mol. The van der Waals surface area contributed by atoms with Gasteiger partial charge in [-0.05, 0) is 59.4 Å². The lowest BCUT2D eigenvalue weighted by molar-refractivity contribution is -0.141. The minimum Gasteiger partial charge on any atom is -0.480 e. The van der Waals surface area contributed by atoms with Gasteiger partial charge in [-0.2, -0.15) is 0 Å². The van der Waals surface area contributed by atoms with E-state index in [2.05, 4.69) is 37.2 Å². The third-order valence-corrected chi connectivity index (χ3v) is 7.33. The van der Waals surface area contributed by atoms with Gasteiger partial charge in [0.25, 0.3) is 0 Å². The number of carboxylic acids is 1. The molecule has 0 aromatic heterocycles. The van der Waals surface area contributed by atoms with Crippen LogP contribution in [0.1, 0.15) is 67.2 Å². The highest BCUT2D eigenvalue weighted by atomic mass is 16.4. The van der Waals surface area contributed by atoms with E-state index in [4.69, 9.17) is 21.7 Å². The summed E-state index contributed by atoms with van der Waals surface area (Å²) in [5.74, 6) is -6.76. The number of aliphatic hydroxyl groups is 1. The van der Waals surface area contributed by atoms with Gasteiger partial charge in [0, 0.05) is 0 Å². The quantitative estimate of drug-likeness (QED) is 0.0482. The second-order valence-electron chi connectivity index (χ2n) is 11.5. The standard InChI is InChI=1S/C29H53N9O10/c1-7-14(2)22(38-25(43)17(5)34-24(42)16(4)35-26(44)19(31)13-39)28(46)37-20(10-8-9-11-30)27(45)36-15(3)23(41)32-12-21(40)33-18(6)29(47)48/h14-20,22,39H,7-13,30-31H2,1-6H3,(H,32,41)(H,33,40)(H,34,42)(H,35,44)(H,36,45)(H,37,46)(H,38,43)(H,47,48)/t14-,15-,16-,17-,18-,19-,20-,22-/m0/s1. The van der Waals surface area contributed by atoms with Gasteiger partial charge in [-0.1, -0.05) is 20.3 Å². The van der Waals surface area contributed by atoms with E-state index in [0.29, 0.717) is 25.8 Å². The van der Waals surface area contributed by atoms with Crippen LogP contribution in [0.2, 0.25) is 0 Å². The van der Waals surface area contributed by atoms with Gasteiger partial charge in [0.1, 0.15) is 42.3 Å². The van der Waals surface area contributed by atoms with Crippen molar-refractivity contribution in [2.75, 3.05) is 19.7 Å². The molecule has 0 bridgehead atoms. The molecule has 8 atom stereocenters. The average Bonchev–Trinajstić information content (AvgIpc) is 3.03. The summed E-state index contributed by atoms with van der Waals surface area (Å²) in [4.78, 5) is 99.4. The van der Waals surface area contributed by atoms with Crippen LogP contribution in [-0.2, 0) is 38.4 Å². The van der Waals surface area contributed by atoms with Crippen LogP contribution in [0.5, 0.6) is 0 Å². The van der Waals surface area contributed by atoms with E-state index in [0.717, 1.165) is 0 Å². The summed E-state index contributed by atoms with van der Waals surface area (Å²) >= 11 is 0. The van der Waals surface area contributed by atoms with Gasteiger partial charge in [0.05, 0.1) is 13.2 Å². The average molecular weight is 688 g/mol. The number of amides is 7. The van der Waals surface area contributed by atoms with Crippen molar-refractivity contribution in [2.45, 2.75) is 110 Å². The van der Waals surface area contributed by atoms with Crippen molar-refractivity contribution in [1.82, 2.24) is 37.2 Å². The predicted octanol–water partition coefficient (Wildman–Crippen LogP) is -4.33. The number of carbonyl (C=O) groups is 8. The first-order chi connectivity index (χ1) is 22.4. The first kappa shape index (κ1) is 43.6. The van der Waals surface area contributed by atoms with E-state index in [1.54, 1.807) is 13.8 Å². The Labute approximate surface area is 279 Å². The van der Waals surface area contributed by atoms with Gasteiger partial charge in [-0.25, -0.2) is 0 Å². The zero-order valence-electron chi connectivity index (χ0n) is 28.4. The SMILES string of the molecule is CC[C@H](C)[C@H](NC(=O)[C@H](C)NC(=O)[C@H](C)NC(=O)[C@@H](N)CO)C(=O)N[C@@H](CCCCN)C(=O)N[C@@H](C)C(=O)NCC(=O)N[C@@H](C)C(=O)O. The van der Waals surface area contributed by atoms with E-state index in [-0.39, 0.29) is 6.42 Å². The smallest absolute Gasteiger partial charge is 0.325 e. The summed E-state index contributed by atoms with van der Waals surface area (Å²) in [6, 6.07) is -8.03. The second kappa shape index (κ2) is 22.3. The summed E-state index contributed by atoms with van der Waals surface area (Å²) in [6.07, 6.45) is 1.58. The van der Waals surface area contributed by atoms with Crippen LogP contribution < -0.4 is 48.7 Å². The Bertz CT molecular complexity index is 1140. The lowest BCUT2D eigenvalue weighted by Gasteiger charge is -2.28. The summed E-state index contributed by atoms with van der Waals surface area (Å²) in [5, 5.41) is 34.8. The molecule has 0 aromatic rings. The monoisotopic (exact) mass is 687 g/mol. The molecule has 274 valence electrons. The molecular weight excluding hydrogens is 634 g/mol. The van der Waals surface area contributed by atoms with Gasteiger partial charge < -0.3 is 58.9 Å². The van der Waals surface area contributed by atoms with Crippen LogP contribution in [-0.4, -0.2) is 120 Å². The van der Waals surface area contributed by atoms with Crippen molar-refractivity contribution in [1.29, 1.82) is 0 Å². The molecule has 0 aromatic carbocycles. The lowest BCUT2D eigenvalue weighted by Crippen LogP contribution is -2.60. The highest BCUT2D eigenvalue weighted by Crippen LogP contribution is 2.10. The van der Waals surface area contributed by atoms with E-state index in [1.165, 1.54) is 27.7 Å². The molecule has 0 aliphatic carbocycles. The summed E-state index contributed by atoms with van der Waals surface area (Å²) < 4.78 is 0. The van der Waals surface area contributed by atoms with Gasteiger partial charge in [0.15, 0.2) is 0 Å². The molecule has 19 heteroatoms. The van der Waals surface area contributed by atoms with Crippen LogP contribution >= 0.6 is 0 Å². The Morgan fingerprint density at radius 1 is 0.646 bits per heavy atom. The van der Waals surface area contributed by atoms with E-state index in [9.17, 15) is 38.4 Å². The van der Waals surface area contributed by atoms with E-state index in [1.807, 2.05) is 0 Å². The number of carbonyl (C=O) groups excluding carboxylic acids is 7. The van der Waals surface area contributed by atoms with Crippen molar-refractivity contribution in [3.8, 4) is 0 Å². The maximum Gasteiger partial charge on any atom is 0.325 e. The highest BCUT2D eigenvalue weighted by Gasteiger charge is 2.32. The summed E-state index contributed by atoms with van der Waals surface area (Å²) in [7, 11) is 0. The van der Waals surface area contributed by atoms with Crippen molar-refractivity contribution in [3.63, 3.8) is 0 Å². The Hall–Kier alpha value is -4.36. The number of hydrogen-bond acceptors (Lipinski definition) is 11. The van der Waals surface area contributed by atoms with Crippen molar-refractivity contribution in [2.24, 2.45) is 17.4 Å². The van der Waals surface area contributed by atoms with Gasteiger partial charge in [-0.15, -0.1) is 0 Å². The topological polar surface area (TPSA) is 313 Å².